The van der Waals surface area contributed by atoms with Gasteiger partial charge in [0, 0.05) is 24.8 Å². The van der Waals surface area contributed by atoms with Crippen molar-refractivity contribution >= 4 is 34.2 Å². The molecule has 10 heteroatoms. The fourth-order valence-corrected chi connectivity index (χ4v) is 3.24. The zero-order chi connectivity index (χ0) is 21.2. The van der Waals surface area contributed by atoms with Gasteiger partial charge in [-0.15, -0.1) is 10.2 Å². The minimum Gasteiger partial charge on any atom is -0.494 e. The minimum absolute atomic E-state index is 0.0378. The van der Waals surface area contributed by atoms with Gasteiger partial charge in [-0.1, -0.05) is 25.2 Å². The molecule has 156 valence electrons. The molecule has 0 saturated heterocycles. The van der Waals surface area contributed by atoms with Crippen LogP contribution in [0.1, 0.15) is 49.0 Å². The Hall–Kier alpha value is -3.01. The van der Waals surface area contributed by atoms with E-state index >= 15 is 0 Å². The lowest BCUT2D eigenvalue weighted by Gasteiger charge is -2.08. The van der Waals surface area contributed by atoms with E-state index in [4.69, 9.17) is 4.74 Å². The summed E-state index contributed by atoms with van der Waals surface area (Å²) >= 11 is 1.32. The van der Waals surface area contributed by atoms with Gasteiger partial charge in [0.2, 0.25) is 16.9 Å². The largest absolute Gasteiger partial charge is 0.494 e. The van der Waals surface area contributed by atoms with Crippen LogP contribution in [0.5, 0.6) is 5.75 Å². The van der Waals surface area contributed by atoms with Crippen molar-refractivity contribution < 1.29 is 19.1 Å². The Morgan fingerprint density at radius 2 is 1.72 bits per heavy atom. The molecule has 2 aromatic rings. The molecule has 0 bridgehead atoms. The number of anilines is 1. The third-order valence-corrected chi connectivity index (χ3v) is 4.48. The average molecular weight is 420 g/mol. The van der Waals surface area contributed by atoms with Crippen LogP contribution in [0.3, 0.4) is 0 Å². The van der Waals surface area contributed by atoms with Crippen molar-refractivity contribution in [3.05, 3.63) is 34.8 Å². The van der Waals surface area contributed by atoms with Gasteiger partial charge in [0.25, 0.3) is 5.91 Å². The van der Waals surface area contributed by atoms with Crippen LogP contribution in [0.25, 0.3) is 0 Å². The second-order valence-corrected chi connectivity index (χ2v) is 7.67. The Labute approximate surface area is 173 Å². The van der Waals surface area contributed by atoms with Gasteiger partial charge in [0.15, 0.2) is 0 Å². The minimum atomic E-state index is -0.475. The van der Waals surface area contributed by atoms with Gasteiger partial charge in [-0.25, -0.2) is 0 Å². The monoisotopic (exact) mass is 419 g/mol. The first kappa shape index (κ1) is 22.3. The van der Waals surface area contributed by atoms with E-state index < -0.39 is 11.8 Å². The third-order valence-electron chi connectivity index (χ3n) is 3.62. The fourth-order valence-electron chi connectivity index (χ4n) is 2.28. The first-order chi connectivity index (χ1) is 13.9. The molecule has 0 unspecified atom stereocenters. The molecule has 0 radical (unpaired) electrons. The number of carbonyl (C=O) groups excluding carboxylic acids is 3. The number of benzene rings is 1. The maximum absolute atomic E-state index is 12.0. The molecular weight excluding hydrogens is 394 g/mol. The van der Waals surface area contributed by atoms with Crippen molar-refractivity contribution in [1.82, 2.24) is 21.0 Å². The van der Waals surface area contributed by atoms with Gasteiger partial charge in [-0.05, 0) is 37.1 Å². The molecule has 0 aliphatic rings. The molecule has 0 fully saturated rings. The Kier molecular flexibility index (Phi) is 8.53. The van der Waals surface area contributed by atoms with Crippen LogP contribution in [0, 0.1) is 5.92 Å². The predicted molar refractivity (Wildman–Crippen MR) is 110 cm³/mol. The SMILES string of the molecule is CCOc1ccc(C(=O)NNC(=O)CCC(=O)Nc2nnc(CC(C)C)s2)cc1. The van der Waals surface area contributed by atoms with E-state index in [-0.39, 0.29) is 18.7 Å². The third kappa shape index (κ3) is 7.86. The maximum atomic E-state index is 12.0. The van der Waals surface area contributed by atoms with Crippen molar-refractivity contribution in [2.45, 2.75) is 40.0 Å². The highest BCUT2D eigenvalue weighted by atomic mass is 32.1. The quantitative estimate of drug-likeness (QED) is 0.536. The van der Waals surface area contributed by atoms with Crippen molar-refractivity contribution in [3.63, 3.8) is 0 Å². The van der Waals surface area contributed by atoms with E-state index in [0.29, 0.717) is 29.0 Å². The summed E-state index contributed by atoms with van der Waals surface area (Å²) in [5, 5.41) is 11.8. The molecule has 0 spiro atoms. The Balaban J connectivity index is 1.70. The molecule has 2 rings (SSSR count). The summed E-state index contributed by atoms with van der Waals surface area (Å²) < 4.78 is 5.31. The number of rotatable bonds is 9. The number of aromatic nitrogens is 2. The van der Waals surface area contributed by atoms with Crippen molar-refractivity contribution in [2.24, 2.45) is 5.92 Å². The van der Waals surface area contributed by atoms with E-state index in [0.717, 1.165) is 11.4 Å². The smallest absolute Gasteiger partial charge is 0.269 e. The first-order valence-corrected chi connectivity index (χ1v) is 10.1. The molecule has 1 heterocycles. The Bertz CT molecular complexity index is 835. The topological polar surface area (TPSA) is 122 Å². The zero-order valence-electron chi connectivity index (χ0n) is 16.7. The predicted octanol–water partition coefficient (Wildman–Crippen LogP) is 2.32. The Morgan fingerprint density at radius 1 is 1.03 bits per heavy atom. The highest BCUT2D eigenvalue weighted by Gasteiger charge is 2.12. The normalized spacial score (nSPS) is 10.5. The number of hydrazine groups is 1. The van der Waals surface area contributed by atoms with Gasteiger partial charge in [-0.3, -0.25) is 25.2 Å². The summed E-state index contributed by atoms with van der Waals surface area (Å²) in [4.78, 5) is 35.8. The molecule has 0 aliphatic heterocycles. The lowest BCUT2D eigenvalue weighted by atomic mass is 10.1. The van der Waals surface area contributed by atoms with Crippen LogP contribution >= 0.6 is 11.3 Å². The van der Waals surface area contributed by atoms with Crippen LogP contribution in [0.4, 0.5) is 5.13 Å². The number of hydrogen-bond donors (Lipinski definition) is 3. The number of amides is 3. The molecule has 3 amide bonds. The maximum Gasteiger partial charge on any atom is 0.269 e. The highest BCUT2D eigenvalue weighted by molar-refractivity contribution is 7.15. The Morgan fingerprint density at radius 3 is 2.38 bits per heavy atom. The summed E-state index contributed by atoms with van der Waals surface area (Å²) in [6, 6.07) is 6.53. The molecule has 9 nitrogen and oxygen atoms in total. The number of nitrogens with zero attached hydrogens (tertiary/aromatic N) is 2. The molecule has 29 heavy (non-hydrogen) atoms. The second-order valence-electron chi connectivity index (χ2n) is 6.61. The number of hydrogen-bond acceptors (Lipinski definition) is 7. The second kappa shape index (κ2) is 11.1. The van der Waals surface area contributed by atoms with Gasteiger partial charge < -0.3 is 10.1 Å². The van der Waals surface area contributed by atoms with Crippen LogP contribution < -0.4 is 20.9 Å². The zero-order valence-corrected chi connectivity index (χ0v) is 17.5. The van der Waals surface area contributed by atoms with E-state index in [2.05, 4.69) is 40.2 Å². The molecule has 0 atom stereocenters. The number of carbonyl (C=O) groups is 3. The number of nitrogens with one attached hydrogen (secondary N) is 3. The molecule has 0 saturated carbocycles. The number of ether oxygens (including phenoxy) is 1. The summed E-state index contributed by atoms with van der Waals surface area (Å²) in [5.41, 5.74) is 4.98. The highest BCUT2D eigenvalue weighted by Crippen LogP contribution is 2.18. The molecule has 1 aromatic heterocycles. The summed E-state index contributed by atoms with van der Waals surface area (Å²) in [5.74, 6) is -0.168. The van der Waals surface area contributed by atoms with Crippen LogP contribution in [-0.4, -0.2) is 34.5 Å². The molecule has 0 aliphatic carbocycles. The average Bonchev–Trinajstić information content (AvgIpc) is 3.11. The van der Waals surface area contributed by atoms with Gasteiger partial charge in [0.05, 0.1) is 6.61 Å². The van der Waals surface area contributed by atoms with E-state index in [9.17, 15) is 14.4 Å². The fraction of sp³-hybridized carbons (Fsp3) is 0.421. The van der Waals surface area contributed by atoms with Gasteiger partial charge in [-0.2, -0.15) is 0 Å². The first-order valence-electron chi connectivity index (χ1n) is 9.31. The van der Waals surface area contributed by atoms with Gasteiger partial charge >= 0.3 is 0 Å². The van der Waals surface area contributed by atoms with E-state index in [1.165, 1.54) is 11.3 Å². The van der Waals surface area contributed by atoms with Crippen molar-refractivity contribution in [2.75, 3.05) is 11.9 Å². The molecule has 3 N–H and O–H groups in total. The molecular formula is C19H25N5O4S. The van der Waals surface area contributed by atoms with Crippen LogP contribution in [-0.2, 0) is 16.0 Å². The van der Waals surface area contributed by atoms with Crippen molar-refractivity contribution in [3.8, 4) is 5.75 Å². The van der Waals surface area contributed by atoms with E-state index in [1.54, 1.807) is 24.3 Å². The summed E-state index contributed by atoms with van der Waals surface area (Å²) in [6.45, 7) is 6.56. The summed E-state index contributed by atoms with van der Waals surface area (Å²) in [7, 11) is 0. The van der Waals surface area contributed by atoms with E-state index in [1.807, 2.05) is 6.92 Å². The molecule has 1 aromatic carbocycles. The lowest BCUT2D eigenvalue weighted by molar-refractivity contribution is -0.124. The standard InChI is InChI=1S/C19H25N5O4S/c1-4-28-14-7-5-13(6-8-14)18(27)23-21-16(26)10-9-15(25)20-19-24-22-17(29-19)11-12(2)3/h5-8,12H,4,9-11H2,1-3H3,(H,21,26)(H,23,27)(H,20,24,25). The summed E-state index contributed by atoms with van der Waals surface area (Å²) in [6.07, 6.45) is 0.681. The van der Waals surface area contributed by atoms with Gasteiger partial charge in [0.1, 0.15) is 10.8 Å². The van der Waals surface area contributed by atoms with Crippen LogP contribution in [0.15, 0.2) is 24.3 Å². The van der Waals surface area contributed by atoms with Crippen molar-refractivity contribution in [1.29, 1.82) is 0 Å². The van der Waals surface area contributed by atoms with Crippen LogP contribution in [0.2, 0.25) is 0 Å². The lowest BCUT2D eigenvalue weighted by Crippen LogP contribution is -2.41.